The third-order valence-corrected chi connectivity index (χ3v) is 5.07. The van der Waals surface area contributed by atoms with Crippen molar-refractivity contribution in [2.45, 2.75) is 19.0 Å². The number of fused-ring (bicyclic) bond motifs is 1. The van der Waals surface area contributed by atoms with Gasteiger partial charge < -0.3 is 5.32 Å². The molecule has 0 aromatic heterocycles. The van der Waals surface area contributed by atoms with Crippen molar-refractivity contribution < 1.29 is 9.59 Å². The Balaban J connectivity index is 1.67. The Hall–Kier alpha value is -3.65. The lowest BCUT2D eigenvalue weighted by atomic mass is 9.91. The van der Waals surface area contributed by atoms with E-state index in [-0.39, 0.29) is 12.5 Å². The van der Waals surface area contributed by atoms with Crippen LogP contribution >= 0.6 is 0 Å². The van der Waals surface area contributed by atoms with Gasteiger partial charge in [0.2, 0.25) is 0 Å². The van der Waals surface area contributed by atoms with E-state index in [4.69, 9.17) is 5.26 Å². The molecule has 27 heavy (non-hydrogen) atoms. The number of amides is 3. The van der Waals surface area contributed by atoms with E-state index in [9.17, 15) is 9.59 Å². The first kappa shape index (κ1) is 16.8. The molecule has 1 fully saturated rings. The molecular weight excluding hydrogens is 338 g/mol. The third kappa shape index (κ3) is 2.72. The van der Waals surface area contributed by atoms with Crippen LogP contribution in [0.2, 0.25) is 0 Å². The van der Waals surface area contributed by atoms with Gasteiger partial charge in [-0.25, -0.2) is 4.79 Å². The summed E-state index contributed by atoms with van der Waals surface area (Å²) in [5, 5.41) is 13.8. The zero-order valence-corrected chi connectivity index (χ0v) is 14.8. The summed E-state index contributed by atoms with van der Waals surface area (Å²) < 4.78 is 0. The number of urea groups is 1. The van der Waals surface area contributed by atoms with Crippen LogP contribution in [0.3, 0.4) is 0 Å². The van der Waals surface area contributed by atoms with Crippen LogP contribution in [-0.4, -0.2) is 16.8 Å². The van der Waals surface area contributed by atoms with Gasteiger partial charge in [-0.15, -0.1) is 0 Å². The molecule has 1 atom stereocenters. The summed E-state index contributed by atoms with van der Waals surface area (Å²) in [7, 11) is 0. The molecule has 1 aliphatic rings. The van der Waals surface area contributed by atoms with Gasteiger partial charge in [0.05, 0.1) is 18.2 Å². The van der Waals surface area contributed by atoms with Gasteiger partial charge in [-0.1, -0.05) is 54.6 Å². The van der Waals surface area contributed by atoms with Gasteiger partial charge in [-0.2, -0.15) is 5.26 Å². The Bertz CT molecular complexity index is 1090. The number of benzene rings is 3. The van der Waals surface area contributed by atoms with Crippen molar-refractivity contribution in [2.24, 2.45) is 0 Å². The number of nitrogens with zero attached hydrogens (tertiary/aromatic N) is 2. The summed E-state index contributed by atoms with van der Waals surface area (Å²) in [5.41, 5.74) is 0.933. The van der Waals surface area contributed by atoms with Gasteiger partial charge in [-0.3, -0.25) is 9.69 Å². The minimum absolute atomic E-state index is 0.206. The molecule has 0 spiro atoms. The average Bonchev–Trinajstić information content (AvgIpc) is 2.92. The standard InChI is InChI=1S/C22H17N3O2/c1-22(18-11-9-15(13-23)10-12-18)20(26)25(21(27)24-22)14-17-7-4-6-16-5-2-3-8-19(16)17/h2-12H,14H2,1H3,(H,24,27)/t22-/m1/s1. The zero-order chi connectivity index (χ0) is 19.0. The first-order valence-corrected chi connectivity index (χ1v) is 8.64. The molecule has 1 saturated heterocycles. The van der Waals surface area contributed by atoms with Crippen molar-refractivity contribution in [1.82, 2.24) is 10.2 Å². The zero-order valence-electron chi connectivity index (χ0n) is 14.8. The van der Waals surface area contributed by atoms with Crippen molar-refractivity contribution >= 4 is 22.7 Å². The summed E-state index contributed by atoms with van der Waals surface area (Å²) in [4.78, 5) is 26.9. The molecule has 5 heteroatoms. The molecule has 0 unspecified atom stereocenters. The Kier molecular flexibility index (Phi) is 3.89. The second-order valence-corrected chi connectivity index (χ2v) is 6.77. The first-order valence-electron chi connectivity index (χ1n) is 8.64. The summed E-state index contributed by atoms with van der Waals surface area (Å²) in [6, 6.07) is 22.1. The summed E-state index contributed by atoms with van der Waals surface area (Å²) >= 11 is 0. The number of hydrogen-bond donors (Lipinski definition) is 1. The van der Waals surface area contributed by atoms with Crippen molar-refractivity contribution in [3.8, 4) is 6.07 Å². The summed E-state index contributed by atoms with van der Waals surface area (Å²) in [5.74, 6) is -0.301. The summed E-state index contributed by atoms with van der Waals surface area (Å²) in [6.45, 7) is 1.90. The van der Waals surface area contributed by atoms with Crippen LogP contribution in [0, 0.1) is 11.3 Å². The normalized spacial score (nSPS) is 19.2. The number of carbonyl (C=O) groups excluding carboxylic acids is 2. The molecule has 4 rings (SSSR count). The predicted molar refractivity (Wildman–Crippen MR) is 102 cm³/mol. The van der Waals surface area contributed by atoms with Crippen LogP contribution in [0.15, 0.2) is 66.7 Å². The van der Waals surface area contributed by atoms with Crippen LogP contribution < -0.4 is 5.32 Å². The highest BCUT2D eigenvalue weighted by Gasteiger charge is 2.48. The Morgan fingerprint density at radius 1 is 1.00 bits per heavy atom. The van der Waals surface area contributed by atoms with E-state index in [0.29, 0.717) is 11.1 Å². The molecule has 132 valence electrons. The SMILES string of the molecule is C[C@]1(c2ccc(C#N)cc2)NC(=O)N(Cc2cccc3ccccc23)C1=O. The van der Waals surface area contributed by atoms with Crippen LogP contribution in [0.25, 0.3) is 10.8 Å². The molecule has 0 radical (unpaired) electrons. The van der Waals surface area contributed by atoms with E-state index in [1.807, 2.05) is 42.5 Å². The van der Waals surface area contributed by atoms with Gasteiger partial charge in [0.15, 0.2) is 0 Å². The van der Waals surface area contributed by atoms with Crippen LogP contribution in [0.4, 0.5) is 4.79 Å². The van der Waals surface area contributed by atoms with Gasteiger partial charge in [-0.05, 0) is 41.0 Å². The number of hydrogen-bond acceptors (Lipinski definition) is 3. The van der Waals surface area contributed by atoms with Crippen molar-refractivity contribution in [3.63, 3.8) is 0 Å². The fourth-order valence-electron chi connectivity index (χ4n) is 3.52. The molecule has 3 amide bonds. The van der Waals surface area contributed by atoms with E-state index >= 15 is 0 Å². The lowest BCUT2D eigenvalue weighted by Gasteiger charge is -2.22. The maximum Gasteiger partial charge on any atom is 0.325 e. The van der Waals surface area contributed by atoms with Crippen molar-refractivity contribution in [2.75, 3.05) is 0 Å². The van der Waals surface area contributed by atoms with E-state index in [1.165, 1.54) is 4.90 Å². The van der Waals surface area contributed by atoms with Crippen molar-refractivity contribution in [3.05, 3.63) is 83.4 Å². The fourth-order valence-corrected chi connectivity index (χ4v) is 3.52. The molecule has 0 aliphatic carbocycles. The van der Waals surface area contributed by atoms with Gasteiger partial charge in [0, 0.05) is 0 Å². The predicted octanol–water partition coefficient (Wildman–Crippen LogP) is 3.68. The molecule has 1 N–H and O–H groups in total. The van der Waals surface area contributed by atoms with Gasteiger partial charge >= 0.3 is 6.03 Å². The summed E-state index contributed by atoms with van der Waals surface area (Å²) in [6.07, 6.45) is 0. The van der Waals surface area contributed by atoms with Crippen LogP contribution in [-0.2, 0) is 16.9 Å². The minimum Gasteiger partial charge on any atom is -0.319 e. The number of nitriles is 1. The number of carbonyl (C=O) groups is 2. The molecule has 3 aromatic rings. The van der Waals surface area contributed by atoms with E-state index in [0.717, 1.165) is 16.3 Å². The average molecular weight is 355 g/mol. The Morgan fingerprint density at radius 3 is 2.44 bits per heavy atom. The maximum atomic E-state index is 13.1. The Labute approximate surface area is 156 Å². The highest BCUT2D eigenvalue weighted by molar-refractivity contribution is 6.07. The quantitative estimate of drug-likeness (QED) is 0.729. The lowest BCUT2D eigenvalue weighted by Crippen LogP contribution is -2.40. The largest absolute Gasteiger partial charge is 0.325 e. The molecule has 1 heterocycles. The van der Waals surface area contributed by atoms with Gasteiger partial charge in [0.1, 0.15) is 5.54 Å². The second-order valence-electron chi connectivity index (χ2n) is 6.77. The topological polar surface area (TPSA) is 73.2 Å². The number of rotatable bonds is 3. The minimum atomic E-state index is -1.14. The molecule has 3 aromatic carbocycles. The first-order chi connectivity index (χ1) is 13.0. The molecule has 5 nitrogen and oxygen atoms in total. The number of nitrogens with one attached hydrogen (secondary N) is 1. The highest BCUT2D eigenvalue weighted by atomic mass is 16.2. The van der Waals surface area contributed by atoms with Crippen LogP contribution in [0.5, 0.6) is 0 Å². The van der Waals surface area contributed by atoms with Crippen LogP contribution in [0.1, 0.15) is 23.6 Å². The van der Waals surface area contributed by atoms with Gasteiger partial charge in [0.25, 0.3) is 5.91 Å². The van der Waals surface area contributed by atoms with E-state index in [2.05, 4.69) is 11.4 Å². The monoisotopic (exact) mass is 355 g/mol. The smallest absolute Gasteiger partial charge is 0.319 e. The fraction of sp³-hybridized carbons (Fsp3) is 0.136. The van der Waals surface area contributed by atoms with Crippen molar-refractivity contribution in [1.29, 1.82) is 5.26 Å². The van der Waals surface area contributed by atoms with E-state index in [1.54, 1.807) is 31.2 Å². The molecular formula is C22H17N3O2. The highest BCUT2D eigenvalue weighted by Crippen LogP contribution is 2.31. The van der Waals surface area contributed by atoms with E-state index < -0.39 is 11.6 Å². The second kappa shape index (κ2) is 6.26. The number of imide groups is 1. The molecule has 0 saturated carbocycles. The Morgan fingerprint density at radius 2 is 1.70 bits per heavy atom. The molecule has 0 bridgehead atoms. The lowest BCUT2D eigenvalue weighted by molar-refractivity contribution is -0.131. The maximum absolute atomic E-state index is 13.1. The third-order valence-electron chi connectivity index (χ3n) is 5.07. The molecule has 1 aliphatic heterocycles.